The van der Waals surface area contributed by atoms with E-state index in [1.54, 1.807) is 0 Å². The molecule has 0 aromatic rings. The van der Waals surface area contributed by atoms with Gasteiger partial charge in [0.15, 0.2) is 0 Å². The van der Waals surface area contributed by atoms with Gasteiger partial charge in [0.1, 0.15) is 6.29 Å². The second kappa shape index (κ2) is 6.90. The van der Waals surface area contributed by atoms with Crippen molar-refractivity contribution in [1.29, 1.82) is 0 Å². The summed E-state index contributed by atoms with van der Waals surface area (Å²) < 4.78 is 0. The number of carbonyl (C=O) groups excluding carboxylic acids is 1. The van der Waals surface area contributed by atoms with E-state index in [1.165, 1.54) is 44.9 Å². The van der Waals surface area contributed by atoms with Crippen LogP contribution in [-0.2, 0) is 4.79 Å². The van der Waals surface area contributed by atoms with Crippen LogP contribution in [0, 0.1) is 46.3 Å². The lowest BCUT2D eigenvalue weighted by atomic mass is 9.44. The summed E-state index contributed by atoms with van der Waals surface area (Å²) in [6.07, 6.45) is 14.7. The highest BCUT2D eigenvalue weighted by atomic mass is 16.3. The molecule has 0 heterocycles. The first-order valence-corrected chi connectivity index (χ1v) is 11.5. The number of aldehydes is 1. The Labute approximate surface area is 160 Å². The predicted molar refractivity (Wildman–Crippen MR) is 106 cm³/mol. The lowest BCUT2D eigenvalue weighted by Gasteiger charge is -2.61. The maximum Gasteiger partial charge on any atom is 0.120 e. The average Bonchev–Trinajstić information content (AvgIpc) is 2.97. The van der Waals surface area contributed by atoms with E-state index in [1.807, 2.05) is 0 Å². The Hall–Kier alpha value is -0.370. The molecule has 4 fully saturated rings. The molecule has 4 rings (SSSR count). The maximum absolute atomic E-state index is 10.8. The zero-order valence-corrected chi connectivity index (χ0v) is 17.3. The highest BCUT2D eigenvalue weighted by Crippen LogP contribution is 2.68. The summed E-state index contributed by atoms with van der Waals surface area (Å²) in [6, 6.07) is 0. The normalized spacial score (nSPS) is 51.8. The first-order chi connectivity index (χ1) is 12.4. The topological polar surface area (TPSA) is 37.3 Å². The van der Waals surface area contributed by atoms with Gasteiger partial charge in [-0.15, -0.1) is 0 Å². The molecule has 0 aliphatic heterocycles. The molecular weight excluding hydrogens is 320 g/mol. The van der Waals surface area contributed by atoms with Crippen LogP contribution in [-0.4, -0.2) is 17.5 Å². The molecule has 0 aromatic carbocycles. The van der Waals surface area contributed by atoms with Crippen LogP contribution in [0.1, 0.15) is 91.4 Å². The predicted octanol–water partition coefficient (Wildman–Crippen LogP) is 5.62. The minimum atomic E-state index is -0.0342. The van der Waals surface area contributed by atoms with Gasteiger partial charge in [-0.3, -0.25) is 0 Å². The lowest BCUT2D eigenvalue weighted by molar-refractivity contribution is -0.129. The van der Waals surface area contributed by atoms with Gasteiger partial charge in [-0.1, -0.05) is 20.8 Å². The molecule has 0 bridgehead atoms. The highest BCUT2D eigenvalue weighted by Gasteiger charge is 2.60. The summed E-state index contributed by atoms with van der Waals surface area (Å²) in [4.78, 5) is 10.8. The number of aliphatic hydroxyl groups excluding tert-OH is 1. The van der Waals surface area contributed by atoms with E-state index in [4.69, 9.17) is 0 Å². The van der Waals surface area contributed by atoms with Crippen molar-refractivity contribution in [2.24, 2.45) is 46.3 Å². The molecule has 9 atom stereocenters. The number of carbonyl (C=O) groups is 1. The molecule has 0 amide bonds. The third-order valence-electron chi connectivity index (χ3n) is 10.1. The van der Waals surface area contributed by atoms with Crippen LogP contribution in [0.15, 0.2) is 0 Å². The van der Waals surface area contributed by atoms with Gasteiger partial charge in [-0.25, -0.2) is 0 Å². The zero-order chi connectivity index (χ0) is 18.5. The van der Waals surface area contributed by atoms with Crippen LogP contribution in [0.5, 0.6) is 0 Å². The van der Waals surface area contributed by atoms with Gasteiger partial charge in [-0.05, 0) is 111 Å². The van der Waals surface area contributed by atoms with Crippen LogP contribution in [0.2, 0.25) is 0 Å². The van der Waals surface area contributed by atoms with E-state index in [0.717, 1.165) is 61.6 Å². The van der Waals surface area contributed by atoms with Crippen molar-refractivity contribution in [2.45, 2.75) is 97.5 Å². The molecule has 4 saturated carbocycles. The van der Waals surface area contributed by atoms with Gasteiger partial charge in [-0.2, -0.15) is 0 Å². The van der Waals surface area contributed by atoms with Crippen LogP contribution >= 0.6 is 0 Å². The van der Waals surface area contributed by atoms with E-state index in [0.29, 0.717) is 16.7 Å². The summed E-state index contributed by atoms with van der Waals surface area (Å²) in [7, 11) is 0. The van der Waals surface area contributed by atoms with Crippen molar-refractivity contribution < 1.29 is 9.90 Å². The van der Waals surface area contributed by atoms with Crippen LogP contribution in [0.25, 0.3) is 0 Å². The first-order valence-electron chi connectivity index (χ1n) is 11.5. The summed E-state index contributed by atoms with van der Waals surface area (Å²) in [5.41, 5.74) is 1.01. The fourth-order valence-corrected chi connectivity index (χ4v) is 8.74. The molecular formula is C24H40O2. The van der Waals surface area contributed by atoms with Gasteiger partial charge in [0.05, 0.1) is 6.10 Å². The summed E-state index contributed by atoms with van der Waals surface area (Å²) in [6.45, 7) is 7.61. The minimum absolute atomic E-state index is 0.0342. The summed E-state index contributed by atoms with van der Waals surface area (Å²) in [5, 5.41) is 10.2. The minimum Gasteiger partial charge on any atom is -0.393 e. The van der Waals surface area contributed by atoms with E-state index >= 15 is 0 Å². The summed E-state index contributed by atoms with van der Waals surface area (Å²) >= 11 is 0. The maximum atomic E-state index is 10.8. The SMILES string of the molecule is C[C@H](CCC=O)C1CCC2C3CCC4C[C@H](O)CCC4(C)C3CCC21C. The van der Waals surface area contributed by atoms with E-state index in [-0.39, 0.29) is 6.10 Å². The molecule has 2 nitrogen and oxygen atoms in total. The monoisotopic (exact) mass is 360 g/mol. The molecule has 1 N–H and O–H groups in total. The molecule has 0 spiro atoms. The van der Waals surface area contributed by atoms with Gasteiger partial charge in [0, 0.05) is 6.42 Å². The Morgan fingerprint density at radius 3 is 2.50 bits per heavy atom. The average molecular weight is 361 g/mol. The van der Waals surface area contributed by atoms with Crippen LogP contribution in [0.4, 0.5) is 0 Å². The number of rotatable bonds is 4. The van der Waals surface area contributed by atoms with Crippen molar-refractivity contribution in [1.82, 2.24) is 0 Å². The molecule has 2 heteroatoms. The quantitative estimate of drug-likeness (QED) is 0.661. The fourth-order valence-electron chi connectivity index (χ4n) is 8.74. The molecule has 4 aliphatic rings. The van der Waals surface area contributed by atoms with Crippen LogP contribution < -0.4 is 0 Å². The fraction of sp³-hybridized carbons (Fsp3) is 0.958. The molecule has 0 saturated heterocycles. The molecule has 26 heavy (non-hydrogen) atoms. The highest BCUT2D eigenvalue weighted by molar-refractivity contribution is 5.49. The molecule has 0 radical (unpaired) electrons. The number of hydrogen-bond donors (Lipinski definition) is 1. The van der Waals surface area contributed by atoms with Gasteiger partial charge in [0.2, 0.25) is 0 Å². The van der Waals surface area contributed by atoms with Gasteiger partial charge >= 0.3 is 0 Å². The molecule has 7 unspecified atom stereocenters. The third-order valence-corrected chi connectivity index (χ3v) is 10.1. The Balaban J connectivity index is 1.53. The molecule has 0 aromatic heterocycles. The largest absolute Gasteiger partial charge is 0.393 e. The molecule has 4 aliphatic carbocycles. The van der Waals surface area contributed by atoms with Crippen molar-refractivity contribution in [3.63, 3.8) is 0 Å². The second-order valence-electron chi connectivity index (χ2n) is 11.0. The second-order valence-corrected chi connectivity index (χ2v) is 11.0. The number of hydrogen-bond acceptors (Lipinski definition) is 2. The number of fused-ring (bicyclic) bond motifs is 5. The summed E-state index contributed by atoms with van der Waals surface area (Å²) in [5.74, 6) is 5.02. The third kappa shape index (κ3) is 2.81. The van der Waals surface area contributed by atoms with E-state index in [9.17, 15) is 9.90 Å². The Morgan fingerprint density at radius 2 is 1.73 bits per heavy atom. The van der Waals surface area contributed by atoms with Crippen molar-refractivity contribution in [2.75, 3.05) is 0 Å². The first kappa shape index (κ1) is 19.0. The van der Waals surface area contributed by atoms with Crippen LogP contribution in [0.3, 0.4) is 0 Å². The standard InChI is InChI=1S/C24H40O2/c1-16(5-4-14-25)20-8-9-21-19-7-6-17-15-18(26)10-12-23(17,2)22(19)11-13-24(20,21)3/h14,16-22,26H,4-13,15H2,1-3H3/t16-,17?,18-,19?,20?,21?,22?,23?,24?/m1/s1. The number of aliphatic hydroxyl groups is 1. The van der Waals surface area contributed by atoms with Crippen molar-refractivity contribution in [3.8, 4) is 0 Å². The van der Waals surface area contributed by atoms with E-state index in [2.05, 4.69) is 20.8 Å². The zero-order valence-electron chi connectivity index (χ0n) is 17.3. The Morgan fingerprint density at radius 1 is 1.00 bits per heavy atom. The smallest absolute Gasteiger partial charge is 0.120 e. The van der Waals surface area contributed by atoms with Crippen molar-refractivity contribution >= 4 is 6.29 Å². The van der Waals surface area contributed by atoms with Crippen molar-refractivity contribution in [3.05, 3.63) is 0 Å². The van der Waals surface area contributed by atoms with Gasteiger partial charge in [0.25, 0.3) is 0 Å². The lowest BCUT2D eigenvalue weighted by Crippen LogP contribution is -2.54. The Kier molecular flexibility index (Phi) is 5.04. The molecule has 148 valence electrons. The van der Waals surface area contributed by atoms with Gasteiger partial charge < -0.3 is 9.90 Å². The Bertz CT molecular complexity index is 530. The van der Waals surface area contributed by atoms with E-state index < -0.39 is 0 Å².